The first kappa shape index (κ1) is 20.5. The Morgan fingerprint density at radius 1 is 0.821 bits per heavy atom. The van der Waals surface area contributed by atoms with Crippen molar-refractivity contribution in [2.75, 3.05) is 10.0 Å². The summed E-state index contributed by atoms with van der Waals surface area (Å²) in [6.07, 6.45) is 0. The number of halogens is 3. The number of sulfonamides is 1. The van der Waals surface area contributed by atoms with Crippen LogP contribution in [0.1, 0.15) is 10.4 Å². The monoisotopic (exact) mass is 454 g/mol. The van der Waals surface area contributed by atoms with E-state index in [4.69, 9.17) is 34.8 Å². The number of rotatable bonds is 5. The van der Waals surface area contributed by atoms with Crippen molar-refractivity contribution in [3.63, 3.8) is 0 Å². The second-order valence-corrected chi connectivity index (χ2v) is 8.62. The Kier molecular flexibility index (Phi) is 6.15. The number of hydrogen-bond acceptors (Lipinski definition) is 3. The number of carbonyl (C=O) groups is 1. The van der Waals surface area contributed by atoms with E-state index in [1.54, 1.807) is 36.4 Å². The van der Waals surface area contributed by atoms with E-state index < -0.39 is 15.9 Å². The molecule has 0 heterocycles. The van der Waals surface area contributed by atoms with Crippen molar-refractivity contribution in [2.24, 2.45) is 0 Å². The van der Waals surface area contributed by atoms with Crippen LogP contribution in [0.5, 0.6) is 0 Å². The van der Waals surface area contributed by atoms with Gasteiger partial charge in [-0.15, -0.1) is 0 Å². The van der Waals surface area contributed by atoms with E-state index in [-0.39, 0.29) is 26.2 Å². The first-order chi connectivity index (χ1) is 13.3. The summed E-state index contributed by atoms with van der Waals surface area (Å²) in [5.41, 5.74) is 0.803. The second kappa shape index (κ2) is 8.41. The molecule has 0 fully saturated rings. The summed E-state index contributed by atoms with van der Waals surface area (Å²) >= 11 is 17.6. The van der Waals surface area contributed by atoms with Crippen LogP contribution in [0.25, 0.3) is 0 Å². The summed E-state index contributed by atoms with van der Waals surface area (Å²) < 4.78 is 27.8. The van der Waals surface area contributed by atoms with Crippen molar-refractivity contribution in [1.29, 1.82) is 0 Å². The highest BCUT2D eigenvalue weighted by atomic mass is 35.5. The summed E-state index contributed by atoms with van der Waals surface area (Å²) in [5.74, 6) is -0.477. The number of hydrogen-bond donors (Lipinski definition) is 2. The van der Waals surface area contributed by atoms with Crippen LogP contribution in [0.2, 0.25) is 15.1 Å². The normalized spacial score (nSPS) is 11.1. The molecule has 0 atom stereocenters. The summed E-state index contributed by atoms with van der Waals surface area (Å²) in [6, 6.07) is 16.8. The highest BCUT2D eigenvalue weighted by Crippen LogP contribution is 2.27. The van der Waals surface area contributed by atoms with Crippen LogP contribution in [0.4, 0.5) is 11.4 Å². The fraction of sp³-hybridized carbons (Fsp3) is 0. The van der Waals surface area contributed by atoms with Crippen molar-refractivity contribution in [3.8, 4) is 0 Å². The molecule has 0 aromatic heterocycles. The molecule has 0 saturated heterocycles. The molecule has 0 radical (unpaired) electrons. The van der Waals surface area contributed by atoms with E-state index in [9.17, 15) is 13.2 Å². The second-order valence-electron chi connectivity index (χ2n) is 5.69. The third-order valence-corrected chi connectivity index (χ3v) is 6.07. The number of nitrogens with one attached hydrogen (secondary N) is 2. The molecule has 9 heteroatoms. The van der Waals surface area contributed by atoms with Gasteiger partial charge >= 0.3 is 0 Å². The maximum Gasteiger partial charge on any atom is 0.261 e. The molecule has 144 valence electrons. The Bertz CT molecular complexity index is 1130. The molecule has 0 spiro atoms. The van der Waals surface area contributed by atoms with Gasteiger partial charge in [0.25, 0.3) is 15.9 Å². The molecule has 2 N–H and O–H groups in total. The molecule has 0 aliphatic heterocycles. The van der Waals surface area contributed by atoms with Gasteiger partial charge in [-0.25, -0.2) is 8.42 Å². The fourth-order valence-corrected chi connectivity index (χ4v) is 3.94. The number of carbonyl (C=O) groups excluding carboxylic acids is 1. The summed E-state index contributed by atoms with van der Waals surface area (Å²) in [5, 5.41) is 3.58. The zero-order valence-electron chi connectivity index (χ0n) is 14.1. The van der Waals surface area contributed by atoms with Crippen LogP contribution >= 0.6 is 34.8 Å². The lowest BCUT2D eigenvalue weighted by molar-refractivity contribution is 0.102. The summed E-state index contributed by atoms with van der Waals surface area (Å²) in [4.78, 5) is 12.5. The molecule has 0 unspecified atom stereocenters. The van der Waals surface area contributed by atoms with E-state index in [1.165, 1.54) is 30.3 Å². The smallest absolute Gasteiger partial charge is 0.261 e. The third kappa shape index (κ3) is 4.77. The Morgan fingerprint density at radius 3 is 2.18 bits per heavy atom. The molecule has 0 saturated carbocycles. The average molecular weight is 456 g/mol. The van der Waals surface area contributed by atoms with Gasteiger partial charge in [-0.05, 0) is 54.6 Å². The first-order valence-corrected chi connectivity index (χ1v) is 10.5. The highest BCUT2D eigenvalue weighted by molar-refractivity contribution is 7.92. The fourth-order valence-electron chi connectivity index (χ4n) is 2.35. The molecule has 28 heavy (non-hydrogen) atoms. The van der Waals surface area contributed by atoms with Gasteiger partial charge in [0.05, 0.1) is 26.2 Å². The number of benzene rings is 3. The van der Waals surface area contributed by atoms with Gasteiger partial charge in [0.15, 0.2) is 0 Å². The summed E-state index contributed by atoms with van der Waals surface area (Å²) in [7, 11) is -3.98. The van der Waals surface area contributed by atoms with Crippen LogP contribution in [-0.4, -0.2) is 14.3 Å². The third-order valence-electron chi connectivity index (χ3n) is 3.72. The molecule has 3 aromatic rings. The molecule has 1 amide bonds. The molecule has 3 rings (SSSR count). The van der Waals surface area contributed by atoms with Gasteiger partial charge in [-0.1, -0.05) is 46.9 Å². The van der Waals surface area contributed by atoms with E-state index in [0.29, 0.717) is 10.7 Å². The molecular formula is C19H13Cl3N2O3S. The molecule has 0 aliphatic carbocycles. The van der Waals surface area contributed by atoms with Gasteiger partial charge in [-0.2, -0.15) is 0 Å². The molecule has 0 aliphatic rings. The standard InChI is InChI=1S/C19H13Cl3N2O3S/c20-12-5-7-13(8-6-12)23-19(25)15-3-1-2-4-18(15)24-28(26,27)14-9-10-16(21)17(22)11-14/h1-11,24H,(H,23,25). The Balaban J connectivity index is 1.88. The highest BCUT2D eigenvalue weighted by Gasteiger charge is 2.19. The number of amides is 1. The maximum absolute atomic E-state index is 12.7. The maximum atomic E-state index is 12.7. The van der Waals surface area contributed by atoms with E-state index >= 15 is 0 Å². The van der Waals surface area contributed by atoms with Gasteiger partial charge in [0, 0.05) is 10.7 Å². The minimum atomic E-state index is -3.98. The Hall–Kier alpha value is -2.25. The predicted octanol–water partition coefficient (Wildman–Crippen LogP) is 5.70. The Morgan fingerprint density at radius 2 is 1.50 bits per heavy atom. The van der Waals surface area contributed by atoms with Gasteiger partial charge < -0.3 is 5.32 Å². The first-order valence-electron chi connectivity index (χ1n) is 7.90. The lowest BCUT2D eigenvalue weighted by Gasteiger charge is -2.13. The number of para-hydroxylation sites is 1. The van der Waals surface area contributed by atoms with Crippen molar-refractivity contribution in [1.82, 2.24) is 0 Å². The van der Waals surface area contributed by atoms with Crippen LogP contribution in [-0.2, 0) is 10.0 Å². The zero-order valence-corrected chi connectivity index (χ0v) is 17.2. The van der Waals surface area contributed by atoms with Gasteiger partial charge in [0.2, 0.25) is 0 Å². The van der Waals surface area contributed by atoms with Crippen molar-refractivity contribution in [3.05, 3.63) is 87.4 Å². The number of anilines is 2. The largest absolute Gasteiger partial charge is 0.322 e. The van der Waals surface area contributed by atoms with E-state index in [0.717, 1.165) is 0 Å². The topological polar surface area (TPSA) is 75.3 Å². The quantitative estimate of drug-likeness (QED) is 0.518. The van der Waals surface area contributed by atoms with Crippen molar-refractivity contribution < 1.29 is 13.2 Å². The van der Waals surface area contributed by atoms with Gasteiger partial charge in [0.1, 0.15) is 0 Å². The zero-order chi connectivity index (χ0) is 20.3. The van der Waals surface area contributed by atoms with Crippen molar-refractivity contribution in [2.45, 2.75) is 4.90 Å². The van der Waals surface area contributed by atoms with Crippen LogP contribution in [0, 0.1) is 0 Å². The van der Waals surface area contributed by atoms with Crippen LogP contribution < -0.4 is 10.0 Å². The SMILES string of the molecule is O=C(Nc1ccc(Cl)cc1)c1ccccc1NS(=O)(=O)c1ccc(Cl)c(Cl)c1. The minimum Gasteiger partial charge on any atom is -0.322 e. The van der Waals surface area contributed by atoms with Crippen molar-refractivity contribution >= 4 is 62.1 Å². The van der Waals surface area contributed by atoms with Crippen LogP contribution in [0.3, 0.4) is 0 Å². The molecule has 5 nitrogen and oxygen atoms in total. The minimum absolute atomic E-state index is 0.0742. The average Bonchev–Trinajstić information content (AvgIpc) is 2.66. The predicted molar refractivity (Wildman–Crippen MR) is 113 cm³/mol. The molecule has 0 bridgehead atoms. The summed E-state index contributed by atoms with van der Waals surface area (Å²) in [6.45, 7) is 0. The molecular weight excluding hydrogens is 443 g/mol. The Labute approximate surface area is 177 Å². The van der Waals surface area contributed by atoms with E-state index in [1.807, 2.05) is 0 Å². The van der Waals surface area contributed by atoms with Crippen LogP contribution in [0.15, 0.2) is 71.6 Å². The molecule has 3 aromatic carbocycles. The lowest BCUT2D eigenvalue weighted by atomic mass is 10.1. The lowest BCUT2D eigenvalue weighted by Crippen LogP contribution is -2.18. The van der Waals surface area contributed by atoms with E-state index in [2.05, 4.69) is 10.0 Å². The van der Waals surface area contributed by atoms with Gasteiger partial charge in [-0.3, -0.25) is 9.52 Å².